The molecule has 0 aliphatic carbocycles. The van der Waals surface area contributed by atoms with Crippen LogP contribution in [0.1, 0.15) is 11.7 Å². The first-order chi connectivity index (χ1) is 7.24. The van der Waals surface area contributed by atoms with Gasteiger partial charge >= 0.3 is 0 Å². The third-order valence-corrected chi connectivity index (χ3v) is 2.74. The Morgan fingerprint density at radius 1 is 1.20 bits per heavy atom. The average Bonchev–Trinajstić information content (AvgIpc) is 2.28. The van der Waals surface area contributed by atoms with Crippen LogP contribution in [-0.2, 0) is 0 Å². The molecule has 0 saturated heterocycles. The van der Waals surface area contributed by atoms with Gasteiger partial charge in [-0.1, -0.05) is 48.0 Å². The number of benzene rings is 2. The second-order valence-corrected chi connectivity index (χ2v) is 3.77. The van der Waals surface area contributed by atoms with Crippen molar-refractivity contribution in [1.29, 1.82) is 0 Å². The smallest absolute Gasteiger partial charge is 0.0975 e. The second kappa shape index (κ2) is 4.05. The van der Waals surface area contributed by atoms with E-state index in [2.05, 4.69) is 6.58 Å². The molecule has 0 aliphatic heterocycles. The van der Waals surface area contributed by atoms with E-state index in [-0.39, 0.29) is 0 Å². The first-order valence-electron chi connectivity index (χ1n) is 4.72. The summed E-state index contributed by atoms with van der Waals surface area (Å²) < 4.78 is 0. The second-order valence-electron chi connectivity index (χ2n) is 3.37. The Bertz CT molecular complexity index is 500. The third-order valence-electron chi connectivity index (χ3n) is 2.43. The van der Waals surface area contributed by atoms with Gasteiger partial charge in [0.1, 0.15) is 0 Å². The molecule has 0 saturated carbocycles. The molecular formula is C13H11ClO. The zero-order valence-corrected chi connectivity index (χ0v) is 8.91. The van der Waals surface area contributed by atoms with Gasteiger partial charge in [-0.25, -0.2) is 0 Å². The summed E-state index contributed by atoms with van der Waals surface area (Å²) in [4.78, 5) is 0. The summed E-state index contributed by atoms with van der Waals surface area (Å²) in [5.74, 6) is 0. The molecule has 1 nitrogen and oxygen atoms in total. The van der Waals surface area contributed by atoms with Gasteiger partial charge in [0.2, 0.25) is 0 Å². The quantitative estimate of drug-likeness (QED) is 0.762. The van der Waals surface area contributed by atoms with Crippen molar-refractivity contribution >= 4 is 22.4 Å². The minimum absolute atomic E-state index is 0.656. The largest absolute Gasteiger partial charge is 0.384 e. The summed E-state index contributed by atoms with van der Waals surface area (Å²) in [6.07, 6.45) is 0.826. The average molecular weight is 219 g/mol. The maximum atomic E-state index is 9.78. The van der Waals surface area contributed by atoms with Gasteiger partial charge < -0.3 is 5.11 Å². The summed E-state index contributed by atoms with van der Waals surface area (Å²) >= 11 is 6.12. The van der Waals surface area contributed by atoms with Crippen molar-refractivity contribution < 1.29 is 5.11 Å². The number of fused-ring (bicyclic) bond motifs is 1. The molecule has 0 fully saturated rings. The highest BCUT2D eigenvalue weighted by molar-refractivity contribution is 6.35. The SMILES string of the molecule is C=CC(O)c1cccc2cccc(Cl)c12. The molecule has 2 aromatic rings. The topological polar surface area (TPSA) is 20.2 Å². The number of hydrogen-bond acceptors (Lipinski definition) is 1. The lowest BCUT2D eigenvalue weighted by Crippen LogP contribution is -1.94. The van der Waals surface area contributed by atoms with E-state index in [1.54, 1.807) is 0 Å². The summed E-state index contributed by atoms with van der Waals surface area (Å²) in [6, 6.07) is 11.4. The number of hydrogen-bond donors (Lipinski definition) is 1. The molecule has 0 heterocycles. The summed E-state index contributed by atoms with van der Waals surface area (Å²) in [5, 5.41) is 12.4. The Morgan fingerprint density at radius 2 is 1.87 bits per heavy atom. The lowest BCUT2D eigenvalue weighted by Gasteiger charge is -2.10. The van der Waals surface area contributed by atoms with Gasteiger partial charge in [-0.05, 0) is 17.0 Å². The highest BCUT2D eigenvalue weighted by Gasteiger charge is 2.09. The van der Waals surface area contributed by atoms with Crippen molar-refractivity contribution in [3.05, 3.63) is 59.6 Å². The number of aliphatic hydroxyl groups excluding tert-OH is 1. The zero-order chi connectivity index (χ0) is 10.8. The first kappa shape index (κ1) is 10.2. The van der Waals surface area contributed by atoms with Crippen LogP contribution in [0.2, 0.25) is 5.02 Å². The number of aliphatic hydroxyl groups is 1. The molecule has 76 valence electrons. The Hall–Kier alpha value is -1.31. The Morgan fingerprint density at radius 3 is 2.53 bits per heavy atom. The van der Waals surface area contributed by atoms with Crippen molar-refractivity contribution in [3.8, 4) is 0 Å². The van der Waals surface area contributed by atoms with Gasteiger partial charge in [-0.15, -0.1) is 6.58 Å². The maximum absolute atomic E-state index is 9.78. The van der Waals surface area contributed by atoms with E-state index in [9.17, 15) is 5.11 Å². The van der Waals surface area contributed by atoms with Crippen LogP contribution >= 0.6 is 11.6 Å². The molecule has 0 aliphatic rings. The van der Waals surface area contributed by atoms with E-state index >= 15 is 0 Å². The van der Waals surface area contributed by atoms with E-state index in [1.165, 1.54) is 6.08 Å². The number of halogens is 1. The minimum atomic E-state index is -0.673. The zero-order valence-electron chi connectivity index (χ0n) is 8.15. The molecule has 1 N–H and O–H groups in total. The van der Waals surface area contributed by atoms with Crippen LogP contribution in [0.15, 0.2) is 49.1 Å². The van der Waals surface area contributed by atoms with Crippen LogP contribution in [0.3, 0.4) is 0 Å². The highest BCUT2D eigenvalue weighted by Crippen LogP contribution is 2.30. The molecule has 15 heavy (non-hydrogen) atoms. The lowest BCUT2D eigenvalue weighted by molar-refractivity contribution is 0.230. The Balaban J connectivity index is 2.79. The molecule has 1 atom stereocenters. The fourth-order valence-corrected chi connectivity index (χ4v) is 1.99. The van der Waals surface area contributed by atoms with Gasteiger partial charge in [0.15, 0.2) is 0 Å². The number of rotatable bonds is 2. The fourth-order valence-electron chi connectivity index (χ4n) is 1.70. The summed E-state index contributed by atoms with van der Waals surface area (Å²) in [5.41, 5.74) is 0.799. The van der Waals surface area contributed by atoms with Crippen molar-refractivity contribution in [2.24, 2.45) is 0 Å². The van der Waals surface area contributed by atoms with Crippen molar-refractivity contribution in [1.82, 2.24) is 0 Å². The molecule has 0 spiro atoms. The van der Waals surface area contributed by atoms with Gasteiger partial charge in [-0.3, -0.25) is 0 Å². The first-order valence-corrected chi connectivity index (χ1v) is 5.09. The van der Waals surface area contributed by atoms with E-state index < -0.39 is 6.10 Å². The highest BCUT2D eigenvalue weighted by atomic mass is 35.5. The molecule has 0 radical (unpaired) electrons. The summed E-state index contributed by atoms with van der Waals surface area (Å²) in [7, 11) is 0. The van der Waals surface area contributed by atoms with Crippen molar-refractivity contribution in [3.63, 3.8) is 0 Å². The van der Waals surface area contributed by atoms with Crippen LogP contribution in [0.5, 0.6) is 0 Å². The monoisotopic (exact) mass is 218 g/mol. The fraction of sp³-hybridized carbons (Fsp3) is 0.0769. The van der Waals surface area contributed by atoms with E-state index in [4.69, 9.17) is 11.6 Å². The minimum Gasteiger partial charge on any atom is -0.384 e. The van der Waals surface area contributed by atoms with E-state index in [1.807, 2.05) is 36.4 Å². The maximum Gasteiger partial charge on any atom is 0.0975 e. The Kier molecular flexibility index (Phi) is 2.76. The predicted octanol–water partition coefficient (Wildman–Crippen LogP) is 3.71. The van der Waals surface area contributed by atoms with Gasteiger partial charge in [0.25, 0.3) is 0 Å². The standard InChI is InChI=1S/C13H11ClO/c1-2-12(15)10-7-3-5-9-6-4-8-11(14)13(9)10/h2-8,12,15H,1H2. The predicted molar refractivity (Wildman–Crippen MR) is 64.1 cm³/mol. The van der Waals surface area contributed by atoms with Crippen LogP contribution < -0.4 is 0 Å². The van der Waals surface area contributed by atoms with Crippen LogP contribution in [0.4, 0.5) is 0 Å². The molecule has 1 unspecified atom stereocenters. The molecular weight excluding hydrogens is 208 g/mol. The van der Waals surface area contributed by atoms with Crippen LogP contribution in [0.25, 0.3) is 10.8 Å². The van der Waals surface area contributed by atoms with E-state index in [0.717, 1.165) is 16.3 Å². The molecule has 2 aromatic carbocycles. The van der Waals surface area contributed by atoms with Gasteiger partial charge in [0, 0.05) is 10.4 Å². The normalized spacial score (nSPS) is 12.7. The van der Waals surface area contributed by atoms with Gasteiger partial charge in [-0.2, -0.15) is 0 Å². The summed E-state index contributed by atoms with van der Waals surface area (Å²) in [6.45, 7) is 3.58. The van der Waals surface area contributed by atoms with Crippen molar-refractivity contribution in [2.45, 2.75) is 6.10 Å². The van der Waals surface area contributed by atoms with E-state index in [0.29, 0.717) is 5.02 Å². The molecule has 0 amide bonds. The van der Waals surface area contributed by atoms with Crippen LogP contribution in [0, 0.1) is 0 Å². The molecule has 0 bridgehead atoms. The molecule has 0 aromatic heterocycles. The van der Waals surface area contributed by atoms with Crippen molar-refractivity contribution in [2.75, 3.05) is 0 Å². The molecule has 2 heteroatoms. The third kappa shape index (κ3) is 1.76. The Labute approximate surface area is 93.6 Å². The molecule has 2 rings (SSSR count). The van der Waals surface area contributed by atoms with Gasteiger partial charge in [0.05, 0.1) is 6.10 Å². The lowest BCUT2D eigenvalue weighted by atomic mass is 10.0. The van der Waals surface area contributed by atoms with Crippen LogP contribution in [-0.4, -0.2) is 5.11 Å².